The van der Waals surface area contributed by atoms with Gasteiger partial charge in [0.2, 0.25) is 0 Å². The van der Waals surface area contributed by atoms with Crippen LogP contribution in [0.15, 0.2) is 42.5 Å². The van der Waals surface area contributed by atoms with Crippen LogP contribution in [0.3, 0.4) is 0 Å². The monoisotopic (exact) mass is 281 g/mol. The molecule has 112 valence electrons. The first-order valence-corrected chi connectivity index (χ1v) is 7.93. The molecule has 2 rings (SSSR count). The Morgan fingerprint density at radius 2 is 1.38 bits per heavy atom. The average molecular weight is 281 g/mol. The van der Waals surface area contributed by atoms with E-state index in [2.05, 4.69) is 82.4 Å². The first kappa shape index (κ1) is 15.8. The standard InChI is InChI=1S/C20H27N/c1-6-18-8-11-19(12-9-18)16(4)21-17(5)20-10-7-14(2)15(3)13-20/h7-13,16-17,21H,6H2,1-5H3. The van der Waals surface area contributed by atoms with Crippen molar-refractivity contribution in [3.63, 3.8) is 0 Å². The average Bonchev–Trinajstić information content (AvgIpc) is 2.50. The van der Waals surface area contributed by atoms with E-state index in [4.69, 9.17) is 0 Å². The van der Waals surface area contributed by atoms with Crippen molar-refractivity contribution in [1.29, 1.82) is 0 Å². The van der Waals surface area contributed by atoms with E-state index in [-0.39, 0.29) is 0 Å². The Labute approximate surface area is 129 Å². The normalized spacial score (nSPS) is 14.0. The van der Waals surface area contributed by atoms with Crippen molar-refractivity contribution in [3.05, 3.63) is 70.3 Å². The van der Waals surface area contributed by atoms with Crippen molar-refractivity contribution < 1.29 is 0 Å². The van der Waals surface area contributed by atoms with Crippen LogP contribution in [0.1, 0.15) is 60.7 Å². The minimum atomic E-state index is 0.352. The van der Waals surface area contributed by atoms with E-state index >= 15 is 0 Å². The molecule has 1 nitrogen and oxygen atoms in total. The van der Waals surface area contributed by atoms with Gasteiger partial charge in [0.1, 0.15) is 0 Å². The Balaban J connectivity index is 2.06. The Morgan fingerprint density at radius 3 is 1.95 bits per heavy atom. The predicted octanol–water partition coefficient (Wildman–Crippen LogP) is 5.28. The fraction of sp³-hybridized carbons (Fsp3) is 0.400. The topological polar surface area (TPSA) is 12.0 Å². The molecule has 0 aliphatic rings. The van der Waals surface area contributed by atoms with Crippen LogP contribution in [0.4, 0.5) is 0 Å². The first-order chi connectivity index (χ1) is 10.0. The number of hydrogen-bond acceptors (Lipinski definition) is 1. The fourth-order valence-electron chi connectivity index (χ4n) is 2.64. The zero-order chi connectivity index (χ0) is 15.4. The van der Waals surface area contributed by atoms with Gasteiger partial charge >= 0.3 is 0 Å². The highest BCUT2D eigenvalue weighted by Gasteiger charge is 2.11. The lowest BCUT2D eigenvalue weighted by atomic mass is 10.00. The molecule has 0 aromatic heterocycles. The summed E-state index contributed by atoms with van der Waals surface area (Å²) in [5.41, 5.74) is 6.82. The summed E-state index contributed by atoms with van der Waals surface area (Å²) in [7, 11) is 0. The molecule has 0 spiro atoms. The predicted molar refractivity (Wildman–Crippen MR) is 91.7 cm³/mol. The van der Waals surface area contributed by atoms with Crippen molar-refractivity contribution in [2.75, 3.05) is 0 Å². The lowest BCUT2D eigenvalue weighted by Crippen LogP contribution is -2.22. The number of aryl methyl sites for hydroxylation is 3. The Morgan fingerprint density at radius 1 is 0.810 bits per heavy atom. The van der Waals surface area contributed by atoms with Gasteiger partial charge in [-0.3, -0.25) is 0 Å². The van der Waals surface area contributed by atoms with Gasteiger partial charge in [-0.2, -0.15) is 0 Å². The summed E-state index contributed by atoms with van der Waals surface area (Å²) >= 11 is 0. The molecular formula is C20H27N. The molecule has 2 aromatic carbocycles. The zero-order valence-corrected chi connectivity index (χ0v) is 13.9. The number of benzene rings is 2. The Hall–Kier alpha value is -1.60. The Kier molecular flexibility index (Phi) is 5.19. The van der Waals surface area contributed by atoms with E-state index in [0.29, 0.717) is 12.1 Å². The van der Waals surface area contributed by atoms with Gasteiger partial charge in [-0.25, -0.2) is 0 Å². The first-order valence-electron chi connectivity index (χ1n) is 7.93. The van der Waals surface area contributed by atoms with Gasteiger partial charge in [0.05, 0.1) is 0 Å². The van der Waals surface area contributed by atoms with Crippen LogP contribution in [-0.4, -0.2) is 0 Å². The maximum Gasteiger partial charge on any atom is 0.0297 e. The maximum absolute atomic E-state index is 3.70. The van der Waals surface area contributed by atoms with Gasteiger partial charge in [-0.1, -0.05) is 49.4 Å². The number of nitrogens with one attached hydrogen (secondary N) is 1. The van der Waals surface area contributed by atoms with E-state index in [0.717, 1.165) is 6.42 Å². The van der Waals surface area contributed by atoms with Gasteiger partial charge in [0.15, 0.2) is 0 Å². The lowest BCUT2D eigenvalue weighted by Gasteiger charge is -2.21. The molecular weight excluding hydrogens is 254 g/mol. The van der Waals surface area contributed by atoms with E-state index < -0.39 is 0 Å². The smallest absolute Gasteiger partial charge is 0.0297 e. The molecule has 2 aromatic rings. The molecule has 1 heteroatoms. The molecule has 0 fully saturated rings. The summed E-state index contributed by atoms with van der Waals surface area (Å²) in [5.74, 6) is 0. The van der Waals surface area contributed by atoms with E-state index in [1.54, 1.807) is 0 Å². The van der Waals surface area contributed by atoms with Crippen LogP contribution in [0.2, 0.25) is 0 Å². The molecule has 0 saturated carbocycles. The third kappa shape index (κ3) is 3.95. The quantitative estimate of drug-likeness (QED) is 0.786. The largest absolute Gasteiger partial charge is 0.304 e. The molecule has 0 bridgehead atoms. The highest BCUT2D eigenvalue weighted by molar-refractivity contribution is 5.32. The van der Waals surface area contributed by atoms with E-state index in [1.165, 1.54) is 27.8 Å². The number of hydrogen-bond donors (Lipinski definition) is 1. The molecule has 1 N–H and O–H groups in total. The van der Waals surface area contributed by atoms with Crippen molar-refractivity contribution in [2.45, 2.75) is 53.1 Å². The highest BCUT2D eigenvalue weighted by Crippen LogP contribution is 2.21. The molecule has 0 saturated heterocycles. The van der Waals surface area contributed by atoms with Crippen molar-refractivity contribution >= 4 is 0 Å². The summed E-state index contributed by atoms with van der Waals surface area (Å²) in [6.07, 6.45) is 1.10. The van der Waals surface area contributed by atoms with Crippen LogP contribution in [0.25, 0.3) is 0 Å². The third-order valence-corrected chi connectivity index (χ3v) is 4.42. The zero-order valence-electron chi connectivity index (χ0n) is 13.9. The second-order valence-electron chi connectivity index (χ2n) is 6.05. The van der Waals surface area contributed by atoms with Crippen LogP contribution in [0.5, 0.6) is 0 Å². The molecule has 0 amide bonds. The minimum Gasteiger partial charge on any atom is -0.304 e. The van der Waals surface area contributed by atoms with Crippen LogP contribution in [0, 0.1) is 13.8 Å². The summed E-state index contributed by atoms with van der Waals surface area (Å²) < 4.78 is 0. The SMILES string of the molecule is CCc1ccc(C(C)NC(C)c2ccc(C)c(C)c2)cc1. The van der Waals surface area contributed by atoms with Gasteiger partial charge in [0.25, 0.3) is 0 Å². The van der Waals surface area contributed by atoms with Crippen molar-refractivity contribution in [3.8, 4) is 0 Å². The second-order valence-corrected chi connectivity index (χ2v) is 6.05. The summed E-state index contributed by atoms with van der Waals surface area (Å²) in [6.45, 7) is 11.0. The fourth-order valence-corrected chi connectivity index (χ4v) is 2.64. The molecule has 0 radical (unpaired) electrons. The minimum absolute atomic E-state index is 0.352. The summed E-state index contributed by atoms with van der Waals surface area (Å²) in [4.78, 5) is 0. The molecule has 0 aliphatic carbocycles. The summed E-state index contributed by atoms with van der Waals surface area (Å²) in [6, 6.07) is 16.4. The van der Waals surface area contributed by atoms with Crippen LogP contribution >= 0.6 is 0 Å². The van der Waals surface area contributed by atoms with Gasteiger partial charge in [-0.05, 0) is 61.9 Å². The number of rotatable bonds is 5. The van der Waals surface area contributed by atoms with E-state index in [1.807, 2.05) is 0 Å². The summed E-state index contributed by atoms with van der Waals surface area (Å²) in [5, 5.41) is 3.70. The highest BCUT2D eigenvalue weighted by atomic mass is 14.9. The van der Waals surface area contributed by atoms with Crippen LogP contribution < -0.4 is 5.32 Å². The third-order valence-electron chi connectivity index (χ3n) is 4.42. The van der Waals surface area contributed by atoms with Crippen molar-refractivity contribution in [1.82, 2.24) is 5.32 Å². The second kappa shape index (κ2) is 6.91. The van der Waals surface area contributed by atoms with Crippen LogP contribution in [-0.2, 0) is 6.42 Å². The molecule has 2 unspecified atom stereocenters. The van der Waals surface area contributed by atoms with E-state index in [9.17, 15) is 0 Å². The molecule has 2 atom stereocenters. The van der Waals surface area contributed by atoms with Crippen molar-refractivity contribution in [2.24, 2.45) is 0 Å². The maximum atomic E-state index is 3.70. The lowest BCUT2D eigenvalue weighted by molar-refractivity contribution is 0.494. The molecule has 21 heavy (non-hydrogen) atoms. The molecule has 0 heterocycles. The Bertz CT molecular complexity index is 583. The molecule has 0 aliphatic heterocycles. The van der Waals surface area contributed by atoms with Gasteiger partial charge < -0.3 is 5.32 Å². The van der Waals surface area contributed by atoms with Gasteiger partial charge in [0, 0.05) is 12.1 Å². The van der Waals surface area contributed by atoms with Gasteiger partial charge in [-0.15, -0.1) is 0 Å².